The molecule has 0 spiro atoms. The van der Waals surface area contributed by atoms with Crippen molar-refractivity contribution in [1.82, 2.24) is 0 Å². The third-order valence-corrected chi connectivity index (χ3v) is 1.85. The summed E-state index contributed by atoms with van der Waals surface area (Å²) < 4.78 is 31.5. The van der Waals surface area contributed by atoms with Gasteiger partial charge in [-0.1, -0.05) is 6.92 Å². The summed E-state index contributed by atoms with van der Waals surface area (Å²) in [5.74, 6) is -0.760. The maximum Gasteiger partial charge on any atom is 0.302 e. The van der Waals surface area contributed by atoms with Crippen LogP contribution in [0.2, 0.25) is 0 Å². The Balaban J connectivity index is 0. The highest BCUT2D eigenvalue weighted by Gasteiger charge is 2.11. The molecule has 2 N–H and O–H groups in total. The summed E-state index contributed by atoms with van der Waals surface area (Å²) in [5, 5.41) is 0. The zero-order valence-electron chi connectivity index (χ0n) is 5.58. The van der Waals surface area contributed by atoms with Crippen LogP contribution >= 0.6 is 12.4 Å². The second-order valence-electron chi connectivity index (χ2n) is 2.05. The third kappa shape index (κ3) is 8.13. The second kappa shape index (κ2) is 4.87. The van der Waals surface area contributed by atoms with Crippen molar-refractivity contribution in [3.05, 3.63) is 0 Å². The van der Waals surface area contributed by atoms with Gasteiger partial charge >= 0.3 is 10.2 Å². The number of halogens is 2. The monoisotopic (exact) mass is 191 g/mol. The lowest BCUT2D eigenvalue weighted by Crippen LogP contribution is -2.18. The fourth-order valence-corrected chi connectivity index (χ4v) is 1.22. The molecule has 1 atom stereocenters. The van der Waals surface area contributed by atoms with Crippen LogP contribution in [0.1, 0.15) is 6.92 Å². The summed E-state index contributed by atoms with van der Waals surface area (Å²) in [6, 6.07) is 0. The van der Waals surface area contributed by atoms with Gasteiger partial charge in [-0.3, -0.25) is 0 Å². The first kappa shape index (κ1) is 12.8. The Morgan fingerprint density at radius 3 is 2.10 bits per heavy atom. The molecule has 3 nitrogen and oxygen atoms in total. The van der Waals surface area contributed by atoms with Crippen molar-refractivity contribution in [2.75, 3.05) is 12.3 Å². The van der Waals surface area contributed by atoms with E-state index in [0.29, 0.717) is 0 Å². The van der Waals surface area contributed by atoms with E-state index in [0.717, 1.165) is 0 Å². The van der Waals surface area contributed by atoms with Gasteiger partial charge in [0.25, 0.3) is 0 Å². The van der Waals surface area contributed by atoms with E-state index in [1.54, 1.807) is 6.92 Å². The molecule has 0 saturated heterocycles. The van der Waals surface area contributed by atoms with Gasteiger partial charge in [-0.05, 0) is 12.5 Å². The fourth-order valence-electron chi connectivity index (χ4n) is 0.408. The molecule has 0 aliphatic carbocycles. The fraction of sp³-hybridized carbons (Fsp3) is 1.00. The molecule has 0 heterocycles. The van der Waals surface area contributed by atoms with E-state index in [-0.39, 0.29) is 24.9 Å². The van der Waals surface area contributed by atoms with E-state index in [9.17, 15) is 12.3 Å². The van der Waals surface area contributed by atoms with Crippen LogP contribution in [0, 0.1) is 5.92 Å². The standard InChI is InChI=1S/C4H10FNO2S.ClH/c1-4(2-6)3-9(5,7)8;/h4H,2-3,6H2,1H3;1H. The maximum absolute atomic E-state index is 11.7. The molecule has 0 rings (SSSR count). The van der Waals surface area contributed by atoms with E-state index in [1.807, 2.05) is 0 Å². The first-order chi connectivity index (χ1) is 3.95. The highest BCUT2D eigenvalue weighted by molar-refractivity contribution is 7.86. The summed E-state index contributed by atoms with van der Waals surface area (Å²) in [4.78, 5) is 0. The van der Waals surface area contributed by atoms with Crippen molar-refractivity contribution in [2.24, 2.45) is 11.7 Å². The lowest BCUT2D eigenvalue weighted by Gasteiger charge is -2.01. The van der Waals surface area contributed by atoms with Crippen molar-refractivity contribution in [3.8, 4) is 0 Å². The van der Waals surface area contributed by atoms with Crippen LogP contribution < -0.4 is 5.73 Å². The Morgan fingerprint density at radius 1 is 1.60 bits per heavy atom. The Kier molecular flexibility index (Phi) is 6.22. The second-order valence-corrected chi connectivity index (χ2v) is 3.46. The van der Waals surface area contributed by atoms with Crippen molar-refractivity contribution in [2.45, 2.75) is 6.92 Å². The molecular weight excluding hydrogens is 181 g/mol. The number of nitrogens with two attached hydrogens (primary N) is 1. The topological polar surface area (TPSA) is 60.2 Å². The molecule has 0 saturated carbocycles. The zero-order valence-corrected chi connectivity index (χ0v) is 7.21. The minimum absolute atomic E-state index is 0. The van der Waals surface area contributed by atoms with E-state index in [2.05, 4.69) is 0 Å². The van der Waals surface area contributed by atoms with Crippen molar-refractivity contribution in [1.29, 1.82) is 0 Å². The quantitative estimate of drug-likeness (QED) is 0.653. The van der Waals surface area contributed by atoms with Crippen molar-refractivity contribution >= 4 is 22.6 Å². The van der Waals surface area contributed by atoms with Crippen LogP contribution in [0.15, 0.2) is 0 Å². The molecule has 0 fully saturated rings. The minimum Gasteiger partial charge on any atom is -0.330 e. The van der Waals surface area contributed by atoms with Crippen LogP contribution in [0.3, 0.4) is 0 Å². The molecule has 0 aliphatic rings. The van der Waals surface area contributed by atoms with E-state index < -0.39 is 16.0 Å². The molecule has 6 heteroatoms. The predicted molar refractivity (Wildman–Crippen MR) is 40.4 cm³/mol. The number of hydrogen-bond acceptors (Lipinski definition) is 3. The van der Waals surface area contributed by atoms with Crippen LogP contribution in [0.5, 0.6) is 0 Å². The summed E-state index contributed by atoms with van der Waals surface area (Å²) in [7, 11) is -4.32. The summed E-state index contributed by atoms with van der Waals surface area (Å²) in [6.07, 6.45) is 0. The van der Waals surface area contributed by atoms with Crippen LogP contribution in [-0.4, -0.2) is 20.7 Å². The highest BCUT2D eigenvalue weighted by Crippen LogP contribution is 1.99. The first-order valence-corrected chi connectivity index (χ1v) is 4.13. The van der Waals surface area contributed by atoms with Gasteiger partial charge in [0, 0.05) is 0 Å². The van der Waals surface area contributed by atoms with Crippen LogP contribution in [0.4, 0.5) is 3.89 Å². The normalized spacial score (nSPS) is 13.9. The first-order valence-electron chi connectivity index (χ1n) is 2.58. The van der Waals surface area contributed by atoms with Crippen LogP contribution in [0.25, 0.3) is 0 Å². The van der Waals surface area contributed by atoms with Gasteiger partial charge in [-0.25, -0.2) is 0 Å². The van der Waals surface area contributed by atoms with E-state index >= 15 is 0 Å². The zero-order chi connectivity index (χ0) is 7.49. The average Bonchev–Trinajstić information content (AvgIpc) is 1.62. The summed E-state index contributed by atoms with van der Waals surface area (Å²) in [6.45, 7) is 1.78. The Bertz CT molecular complexity index is 170. The highest BCUT2D eigenvalue weighted by atomic mass is 35.5. The summed E-state index contributed by atoms with van der Waals surface area (Å²) in [5.41, 5.74) is 5.05. The molecule has 0 bridgehead atoms. The number of rotatable bonds is 3. The molecule has 1 unspecified atom stereocenters. The van der Waals surface area contributed by atoms with Crippen molar-refractivity contribution < 1.29 is 12.3 Å². The molecule has 0 amide bonds. The molecule has 0 aromatic carbocycles. The van der Waals surface area contributed by atoms with Gasteiger partial charge in [0.05, 0.1) is 5.75 Å². The van der Waals surface area contributed by atoms with E-state index in [4.69, 9.17) is 5.73 Å². The molecule has 0 aromatic heterocycles. The average molecular weight is 192 g/mol. The predicted octanol–water partition coefficient (Wildman–Crippen LogP) is 0.302. The Hall–Kier alpha value is 0.130. The van der Waals surface area contributed by atoms with Gasteiger partial charge in [0.15, 0.2) is 0 Å². The largest absolute Gasteiger partial charge is 0.330 e. The molecular formula is C4H11ClFNO2S. The Labute approximate surface area is 66.4 Å². The third-order valence-electron chi connectivity index (χ3n) is 0.886. The van der Waals surface area contributed by atoms with Crippen molar-refractivity contribution in [3.63, 3.8) is 0 Å². The lowest BCUT2D eigenvalue weighted by molar-refractivity contribution is 0.533. The maximum atomic E-state index is 11.7. The minimum atomic E-state index is -4.32. The SMILES string of the molecule is CC(CN)CS(=O)(=O)F.Cl. The smallest absolute Gasteiger partial charge is 0.302 e. The molecule has 0 aliphatic heterocycles. The van der Waals surface area contributed by atoms with Gasteiger partial charge < -0.3 is 5.73 Å². The van der Waals surface area contributed by atoms with Gasteiger partial charge in [0.2, 0.25) is 0 Å². The molecule has 0 radical (unpaired) electrons. The van der Waals surface area contributed by atoms with E-state index in [1.165, 1.54) is 0 Å². The van der Waals surface area contributed by atoms with Gasteiger partial charge in [-0.15, -0.1) is 16.3 Å². The summed E-state index contributed by atoms with van der Waals surface area (Å²) >= 11 is 0. The van der Waals surface area contributed by atoms with Gasteiger partial charge in [0.1, 0.15) is 0 Å². The Morgan fingerprint density at radius 2 is 2.00 bits per heavy atom. The molecule has 0 aromatic rings. The number of hydrogen-bond donors (Lipinski definition) is 1. The molecule has 10 heavy (non-hydrogen) atoms. The van der Waals surface area contributed by atoms with Gasteiger partial charge in [-0.2, -0.15) is 8.42 Å². The molecule has 64 valence electrons. The lowest BCUT2D eigenvalue weighted by atomic mass is 10.2. The van der Waals surface area contributed by atoms with Crippen LogP contribution in [-0.2, 0) is 10.2 Å².